The fourth-order valence-electron chi connectivity index (χ4n) is 4.43. The Morgan fingerprint density at radius 2 is 1.69 bits per heavy atom. The van der Waals surface area contributed by atoms with Crippen molar-refractivity contribution in [2.75, 3.05) is 6.54 Å². The zero-order valence-electron chi connectivity index (χ0n) is 15.9. The van der Waals surface area contributed by atoms with Gasteiger partial charge in [0.25, 0.3) is 5.69 Å². The molecule has 0 amide bonds. The average molecular weight is 383 g/mol. The number of aromatic nitrogens is 1. The minimum absolute atomic E-state index is 0.0344. The first-order valence-corrected chi connectivity index (χ1v) is 9.82. The zero-order chi connectivity index (χ0) is 19.8. The Balaban J connectivity index is 1.61. The lowest BCUT2D eigenvalue weighted by atomic mass is 9.92. The normalized spacial score (nSPS) is 16.6. The molecule has 0 bridgehead atoms. The zero-order valence-corrected chi connectivity index (χ0v) is 15.9. The number of nitro groups is 1. The molecule has 0 saturated carbocycles. The Kier molecular flexibility index (Phi) is 4.37. The van der Waals surface area contributed by atoms with Gasteiger partial charge >= 0.3 is 0 Å². The maximum Gasteiger partial charge on any atom is 0.269 e. The molecule has 4 aromatic rings. The number of nitrogens with one attached hydrogen (secondary N) is 1. The van der Waals surface area contributed by atoms with Crippen molar-refractivity contribution in [3.05, 3.63) is 111 Å². The monoisotopic (exact) mass is 383 g/mol. The van der Waals surface area contributed by atoms with E-state index >= 15 is 0 Å². The van der Waals surface area contributed by atoms with Crippen molar-refractivity contribution in [3.63, 3.8) is 0 Å². The molecular weight excluding hydrogens is 362 g/mol. The number of H-pyrrole nitrogens is 1. The van der Waals surface area contributed by atoms with E-state index in [1.165, 1.54) is 22.2 Å². The fraction of sp³-hybridized carbons (Fsp3) is 0.167. The molecule has 144 valence electrons. The van der Waals surface area contributed by atoms with Crippen LogP contribution in [0.25, 0.3) is 10.9 Å². The van der Waals surface area contributed by atoms with Crippen LogP contribution in [-0.2, 0) is 13.0 Å². The summed E-state index contributed by atoms with van der Waals surface area (Å²) in [6, 6.07) is 25.9. The Morgan fingerprint density at radius 3 is 2.45 bits per heavy atom. The molecule has 0 unspecified atom stereocenters. The third-order valence-electron chi connectivity index (χ3n) is 5.78. The molecule has 5 rings (SSSR count). The van der Waals surface area contributed by atoms with Gasteiger partial charge in [-0.15, -0.1) is 0 Å². The van der Waals surface area contributed by atoms with Crippen molar-refractivity contribution < 1.29 is 4.92 Å². The van der Waals surface area contributed by atoms with Gasteiger partial charge in [0.15, 0.2) is 0 Å². The Morgan fingerprint density at radius 1 is 0.966 bits per heavy atom. The number of benzene rings is 3. The minimum atomic E-state index is -0.346. The highest BCUT2D eigenvalue weighted by Gasteiger charge is 2.31. The van der Waals surface area contributed by atoms with E-state index in [9.17, 15) is 10.1 Å². The number of nitrogens with zero attached hydrogens (tertiary/aromatic N) is 2. The van der Waals surface area contributed by atoms with Gasteiger partial charge in [0.05, 0.1) is 11.0 Å². The molecule has 0 spiro atoms. The van der Waals surface area contributed by atoms with E-state index in [4.69, 9.17) is 0 Å². The van der Waals surface area contributed by atoms with Gasteiger partial charge in [0.2, 0.25) is 0 Å². The second-order valence-electron chi connectivity index (χ2n) is 7.52. The van der Waals surface area contributed by atoms with Crippen LogP contribution < -0.4 is 0 Å². The summed E-state index contributed by atoms with van der Waals surface area (Å²) >= 11 is 0. The first-order valence-electron chi connectivity index (χ1n) is 9.82. The van der Waals surface area contributed by atoms with Crippen LogP contribution in [0.15, 0.2) is 78.9 Å². The van der Waals surface area contributed by atoms with Gasteiger partial charge < -0.3 is 4.98 Å². The molecule has 0 radical (unpaired) electrons. The van der Waals surface area contributed by atoms with Crippen LogP contribution in [0.5, 0.6) is 0 Å². The molecule has 1 atom stereocenters. The quantitative estimate of drug-likeness (QED) is 0.388. The number of rotatable bonds is 4. The molecule has 5 nitrogen and oxygen atoms in total. The van der Waals surface area contributed by atoms with Gasteiger partial charge in [0, 0.05) is 41.8 Å². The number of fused-ring (bicyclic) bond motifs is 3. The molecular formula is C24H21N3O2. The average Bonchev–Trinajstić information content (AvgIpc) is 3.13. The number of nitro benzene ring substituents is 1. The second kappa shape index (κ2) is 7.18. The predicted molar refractivity (Wildman–Crippen MR) is 114 cm³/mol. The van der Waals surface area contributed by atoms with Gasteiger partial charge in [0.1, 0.15) is 0 Å². The van der Waals surface area contributed by atoms with Crippen molar-refractivity contribution in [3.8, 4) is 0 Å². The number of non-ortho nitro benzene ring substituents is 1. The third kappa shape index (κ3) is 3.19. The van der Waals surface area contributed by atoms with E-state index < -0.39 is 0 Å². The van der Waals surface area contributed by atoms with E-state index in [1.54, 1.807) is 12.1 Å². The Hall–Kier alpha value is -3.44. The van der Waals surface area contributed by atoms with Crippen molar-refractivity contribution in [2.45, 2.75) is 19.0 Å². The summed E-state index contributed by atoms with van der Waals surface area (Å²) in [5.74, 6) is 0. The van der Waals surface area contributed by atoms with Gasteiger partial charge in [-0.3, -0.25) is 15.0 Å². The molecule has 1 N–H and O–H groups in total. The van der Waals surface area contributed by atoms with Gasteiger partial charge in [-0.2, -0.15) is 0 Å². The lowest BCUT2D eigenvalue weighted by Gasteiger charge is -2.36. The summed E-state index contributed by atoms with van der Waals surface area (Å²) in [5.41, 5.74) is 6.15. The summed E-state index contributed by atoms with van der Waals surface area (Å²) < 4.78 is 0. The molecule has 0 saturated heterocycles. The van der Waals surface area contributed by atoms with Crippen LogP contribution >= 0.6 is 0 Å². The maximum absolute atomic E-state index is 11.1. The molecule has 1 aliphatic heterocycles. The van der Waals surface area contributed by atoms with Crippen LogP contribution in [0.4, 0.5) is 5.69 Å². The molecule has 0 fully saturated rings. The predicted octanol–water partition coefficient (Wildman–Crippen LogP) is 5.22. The molecule has 3 aromatic carbocycles. The summed E-state index contributed by atoms with van der Waals surface area (Å²) in [4.78, 5) is 16.8. The van der Waals surface area contributed by atoms with Crippen molar-refractivity contribution >= 4 is 16.6 Å². The number of hydrogen-bond acceptors (Lipinski definition) is 3. The van der Waals surface area contributed by atoms with Crippen molar-refractivity contribution in [1.82, 2.24) is 9.88 Å². The highest BCUT2D eigenvalue weighted by molar-refractivity contribution is 5.85. The lowest BCUT2D eigenvalue weighted by Crippen LogP contribution is -2.35. The number of aromatic amines is 1. The molecule has 5 heteroatoms. The minimum Gasteiger partial charge on any atom is -0.357 e. The number of para-hydroxylation sites is 1. The molecule has 1 aliphatic rings. The topological polar surface area (TPSA) is 62.2 Å². The summed E-state index contributed by atoms with van der Waals surface area (Å²) in [6.07, 6.45) is 0.982. The molecule has 0 aliphatic carbocycles. The van der Waals surface area contributed by atoms with E-state index in [2.05, 4.69) is 52.3 Å². The Labute approximate surface area is 168 Å². The molecule has 2 heterocycles. The number of hydrogen-bond donors (Lipinski definition) is 1. The first kappa shape index (κ1) is 17.6. The van der Waals surface area contributed by atoms with Crippen LogP contribution in [0.2, 0.25) is 0 Å². The maximum atomic E-state index is 11.1. The summed E-state index contributed by atoms with van der Waals surface area (Å²) in [5, 5.41) is 12.4. The van der Waals surface area contributed by atoms with Gasteiger partial charge in [-0.25, -0.2) is 0 Å². The smallest absolute Gasteiger partial charge is 0.269 e. The molecule has 1 aromatic heterocycles. The SMILES string of the molecule is O=[N+]([O-])c1ccc([C@H]2c3[nH]c4ccccc4c3CCN2Cc2ccccc2)cc1. The van der Waals surface area contributed by atoms with E-state index in [-0.39, 0.29) is 16.7 Å². The third-order valence-corrected chi connectivity index (χ3v) is 5.78. The highest BCUT2D eigenvalue weighted by Crippen LogP contribution is 2.39. The highest BCUT2D eigenvalue weighted by atomic mass is 16.6. The van der Waals surface area contributed by atoms with Crippen LogP contribution in [0.3, 0.4) is 0 Å². The van der Waals surface area contributed by atoms with Crippen LogP contribution in [0, 0.1) is 10.1 Å². The largest absolute Gasteiger partial charge is 0.357 e. The van der Waals surface area contributed by atoms with Crippen LogP contribution in [0.1, 0.15) is 28.4 Å². The summed E-state index contributed by atoms with van der Waals surface area (Å²) in [7, 11) is 0. The standard InChI is InChI=1S/C24H21N3O2/c28-27(29)19-12-10-18(11-13-19)24-23-21(20-8-4-5-9-22(20)25-23)14-15-26(24)16-17-6-2-1-3-7-17/h1-13,24-25H,14-16H2/t24-/m0/s1. The second-order valence-corrected chi connectivity index (χ2v) is 7.52. The first-order chi connectivity index (χ1) is 14.2. The lowest BCUT2D eigenvalue weighted by molar-refractivity contribution is -0.384. The van der Waals surface area contributed by atoms with E-state index in [1.807, 2.05) is 24.3 Å². The summed E-state index contributed by atoms with van der Waals surface area (Å²) in [6.45, 7) is 1.77. The fourth-order valence-corrected chi connectivity index (χ4v) is 4.43. The Bertz CT molecular complexity index is 1170. The van der Waals surface area contributed by atoms with Crippen molar-refractivity contribution in [1.29, 1.82) is 0 Å². The van der Waals surface area contributed by atoms with Gasteiger partial charge in [-0.05, 0) is 29.2 Å². The van der Waals surface area contributed by atoms with Crippen LogP contribution in [-0.4, -0.2) is 21.4 Å². The van der Waals surface area contributed by atoms with E-state index in [0.717, 1.165) is 30.6 Å². The molecule has 29 heavy (non-hydrogen) atoms. The van der Waals surface area contributed by atoms with Crippen molar-refractivity contribution in [2.24, 2.45) is 0 Å². The van der Waals surface area contributed by atoms with E-state index in [0.29, 0.717) is 0 Å². The van der Waals surface area contributed by atoms with Gasteiger partial charge in [-0.1, -0.05) is 60.7 Å².